The summed E-state index contributed by atoms with van der Waals surface area (Å²) in [6, 6.07) is 0. The molecule has 13 heteroatoms. The molecule has 13 nitrogen and oxygen atoms in total. The highest BCUT2D eigenvalue weighted by molar-refractivity contribution is 6.12. The number of Topliss-reactive ketones (excluding diaryl/α,β-unsaturated/α-hetero) is 2. The second kappa shape index (κ2) is 15.7. The van der Waals surface area contributed by atoms with Crippen LogP contribution in [-0.4, -0.2) is 89.5 Å². The van der Waals surface area contributed by atoms with Crippen LogP contribution in [-0.2, 0) is 38.4 Å². The third kappa shape index (κ3) is 11.2. The van der Waals surface area contributed by atoms with Crippen LogP contribution in [0.15, 0.2) is 36.6 Å². The molecule has 0 fully saturated rings. The van der Waals surface area contributed by atoms with Crippen molar-refractivity contribution < 1.29 is 38.4 Å². The van der Waals surface area contributed by atoms with Gasteiger partial charge >= 0.3 is 0 Å². The van der Waals surface area contributed by atoms with Gasteiger partial charge in [0.1, 0.15) is 5.78 Å². The Hall–Kier alpha value is -4.42. The van der Waals surface area contributed by atoms with Crippen molar-refractivity contribution in [3.05, 3.63) is 36.6 Å². The third-order valence-electron chi connectivity index (χ3n) is 5.85. The molecule has 39 heavy (non-hydrogen) atoms. The normalized spacial score (nSPS) is 14.3. The molecule has 0 spiro atoms. The van der Waals surface area contributed by atoms with E-state index < -0.39 is 23.6 Å². The lowest BCUT2D eigenvalue weighted by molar-refractivity contribution is -0.137. The molecule has 0 saturated carbocycles. The summed E-state index contributed by atoms with van der Waals surface area (Å²) in [5.74, 6) is -2.76. The van der Waals surface area contributed by atoms with Crippen LogP contribution in [0.5, 0.6) is 0 Å². The maximum Gasteiger partial charge on any atom is 0.253 e. The number of carbonyl (C=O) groups is 8. The molecule has 2 rings (SSSR count). The number of hydrogen-bond donors (Lipinski definition) is 3. The third-order valence-corrected chi connectivity index (χ3v) is 5.85. The zero-order valence-electron chi connectivity index (χ0n) is 21.7. The van der Waals surface area contributed by atoms with Crippen LogP contribution >= 0.6 is 0 Å². The van der Waals surface area contributed by atoms with Crippen molar-refractivity contribution in [3.63, 3.8) is 0 Å². The minimum atomic E-state index is -0.450. The molecule has 0 aromatic carbocycles. The smallest absolute Gasteiger partial charge is 0.253 e. The average Bonchev–Trinajstić information content (AvgIpc) is 3.39. The minimum Gasteiger partial charge on any atom is -0.356 e. The van der Waals surface area contributed by atoms with Crippen LogP contribution in [0.1, 0.15) is 44.9 Å². The molecular weight excluding hydrogens is 510 g/mol. The Morgan fingerprint density at radius 2 is 1.13 bits per heavy atom. The molecule has 210 valence electrons. The summed E-state index contributed by atoms with van der Waals surface area (Å²) in [7, 11) is 0. The Kier molecular flexibility index (Phi) is 12.4. The van der Waals surface area contributed by atoms with Gasteiger partial charge in [-0.15, -0.1) is 0 Å². The predicted molar refractivity (Wildman–Crippen MR) is 137 cm³/mol. The Bertz CT molecular complexity index is 1060. The predicted octanol–water partition coefficient (Wildman–Crippen LogP) is -0.959. The molecule has 2 aliphatic rings. The van der Waals surface area contributed by atoms with Gasteiger partial charge in [0.05, 0.1) is 6.54 Å². The summed E-state index contributed by atoms with van der Waals surface area (Å²) in [6.45, 7) is 4.05. The molecule has 0 aromatic heterocycles. The quantitative estimate of drug-likeness (QED) is 0.185. The van der Waals surface area contributed by atoms with Gasteiger partial charge in [-0.3, -0.25) is 43.3 Å². The van der Waals surface area contributed by atoms with Crippen molar-refractivity contribution in [1.29, 1.82) is 0 Å². The van der Waals surface area contributed by atoms with Crippen LogP contribution in [0.3, 0.4) is 0 Å². The van der Waals surface area contributed by atoms with Crippen molar-refractivity contribution in [2.75, 3.05) is 32.7 Å². The summed E-state index contributed by atoms with van der Waals surface area (Å²) in [5.41, 5.74) is 0.583. The molecule has 0 saturated heterocycles. The van der Waals surface area contributed by atoms with E-state index in [0.29, 0.717) is 18.7 Å². The summed E-state index contributed by atoms with van der Waals surface area (Å²) in [5, 5.41) is 7.49. The zero-order valence-corrected chi connectivity index (χ0v) is 21.7. The van der Waals surface area contributed by atoms with Crippen molar-refractivity contribution >= 4 is 47.0 Å². The van der Waals surface area contributed by atoms with Crippen LogP contribution < -0.4 is 16.0 Å². The van der Waals surface area contributed by atoms with Gasteiger partial charge in [0.25, 0.3) is 17.7 Å². The van der Waals surface area contributed by atoms with Gasteiger partial charge in [-0.05, 0) is 12.5 Å². The van der Waals surface area contributed by atoms with Crippen LogP contribution in [0, 0.1) is 0 Å². The van der Waals surface area contributed by atoms with Crippen LogP contribution in [0.25, 0.3) is 0 Å². The van der Waals surface area contributed by atoms with E-state index >= 15 is 0 Å². The maximum atomic E-state index is 12.0. The number of rotatable bonds is 18. The standard InChI is InChI=1S/C26H33N5O8/c1-18-4-9-24(37)30(18)15-2-3-19(32)5-7-22(35)29-17-20(33)6-8-21(34)27-13-12-23(36)28-14-16-31-25(38)10-11-26(31)39/h4,9-11H,1-3,5-8,12-17H2,(H,27,34)(H,28,36)(H,29,35). The number of allylic oxidation sites excluding steroid dienone is 1. The van der Waals surface area contributed by atoms with Gasteiger partial charge in [-0.25, -0.2) is 0 Å². The SMILES string of the molecule is C=C1C=CC(=O)N1CCCC(=O)CCC(=O)NCC(=O)CCC(=O)NCCC(=O)NCCN1C(=O)C=CC1=O. The molecule has 0 radical (unpaired) electrons. The first-order chi connectivity index (χ1) is 18.6. The molecule has 0 atom stereocenters. The van der Waals surface area contributed by atoms with Crippen LogP contribution in [0.2, 0.25) is 0 Å². The number of hydrogen-bond acceptors (Lipinski definition) is 8. The lowest BCUT2D eigenvalue weighted by atomic mass is 10.1. The van der Waals surface area contributed by atoms with Gasteiger partial charge in [-0.1, -0.05) is 6.58 Å². The second-order valence-corrected chi connectivity index (χ2v) is 8.88. The summed E-state index contributed by atoms with van der Waals surface area (Å²) in [6.07, 6.45) is 5.75. The Balaban J connectivity index is 1.45. The lowest BCUT2D eigenvalue weighted by Crippen LogP contribution is -2.39. The fourth-order valence-corrected chi connectivity index (χ4v) is 3.63. The number of carbonyl (C=O) groups excluding carboxylic acids is 8. The zero-order chi connectivity index (χ0) is 28.8. The van der Waals surface area contributed by atoms with E-state index in [9.17, 15) is 38.4 Å². The van der Waals surface area contributed by atoms with Gasteiger partial charge in [-0.2, -0.15) is 0 Å². The maximum absolute atomic E-state index is 12.0. The Morgan fingerprint density at radius 3 is 1.77 bits per heavy atom. The van der Waals surface area contributed by atoms with Crippen molar-refractivity contribution in [2.24, 2.45) is 0 Å². The summed E-state index contributed by atoms with van der Waals surface area (Å²) in [4.78, 5) is 96.4. The summed E-state index contributed by atoms with van der Waals surface area (Å²) >= 11 is 0. The minimum absolute atomic E-state index is 0.0164. The van der Waals surface area contributed by atoms with E-state index in [0.717, 1.165) is 17.1 Å². The van der Waals surface area contributed by atoms with E-state index in [-0.39, 0.29) is 88.1 Å². The topological polar surface area (TPSA) is 179 Å². The fraction of sp³-hybridized carbons (Fsp3) is 0.462. The molecule has 0 aliphatic carbocycles. The van der Waals surface area contributed by atoms with Gasteiger partial charge < -0.3 is 20.9 Å². The van der Waals surface area contributed by atoms with Gasteiger partial charge in [0.2, 0.25) is 17.7 Å². The first-order valence-corrected chi connectivity index (χ1v) is 12.6. The molecule has 0 aromatic rings. The lowest BCUT2D eigenvalue weighted by Gasteiger charge is -2.16. The fourth-order valence-electron chi connectivity index (χ4n) is 3.63. The largest absolute Gasteiger partial charge is 0.356 e. The molecule has 0 unspecified atom stereocenters. The number of ketones is 2. The first-order valence-electron chi connectivity index (χ1n) is 12.6. The molecule has 2 aliphatic heterocycles. The summed E-state index contributed by atoms with van der Waals surface area (Å²) < 4.78 is 0. The van der Waals surface area contributed by atoms with E-state index in [1.54, 1.807) is 6.08 Å². The Morgan fingerprint density at radius 1 is 0.590 bits per heavy atom. The van der Waals surface area contributed by atoms with Gasteiger partial charge in [0, 0.05) is 88.6 Å². The monoisotopic (exact) mass is 543 g/mol. The van der Waals surface area contributed by atoms with Crippen molar-refractivity contribution in [2.45, 2.75) is 44.9 Å². The number of nitrogens with one attached hydrogen (secondary N) is 3. The molecule has 3 N–H and O–H groups in total. The average molecular weight is 544 g/mol. The highest BCUT2D eigenvalue weighted by Crippen LogP contribution is 2.14. The Labute approximate surface area is 225 Å². The molecule has 0 bridgehead atoms. The van der Waals surface area contributed by atoms with E-state index in [4.69, 9.17) is 0 Å². The van der Waals surface area contributed by atoms with Crippen molar-refractivity contribution in [1.82, 2.24) is 25.8 Å². The number of nitrogens with zero attached hydrogens (tertiary/aromatic N) is 2. The van der Waals surface area contributed by atoms with Crippen LogP contribution in [0.4, 0.5) is 0 Å². The molecular formula is C26H33N5O8. The molecule has 6 amide bonds. The van der Waals surface area contributed by atoms with Gasteiger partial charge in [0.15, 0.2) is 5.78 Å². The molecule has 2 heterocycles. The van der Waals surface area contributed by atoms with E-state index in [1.165, 1.54) is 11.0 Å². The highest BCUT2D eigenvalue weighted by atomic mass is 16.2. The highest BCUT2D eigenvalue weighted by Gasteiger charge is 2.22. The number of amides is 6. The first kappa shape index (κ1) is 30.8. The van der Waals surface area contributed by atoms with E-state index in [2.05, 4.69) is 22.5 Å². The van der Waals surface area contributed by atoms with E-state index in [1.807, 2.05) is 0 Å². The van der Waals surface area contributed by atoms with Crippen molar-refractivity contribution in [3.8, 4) is 0 Å². The number of imide groups is 1. The second-order valence-electron chi connectivity index (χ2n) is 8.88.